The van der Waals surface area contributed by atoms with Crippen LogP contribution in [0.2, 0.25) is 0 Å². The molecule has 0 N–H and O–H groups in total. The maximum Gasteiger partial charge on any atom is 0.240 e. The quantitative estimate of drug-likeness (QED) is 0.862. The van der Waals surface area contributed by atoms with E-state index in [2.05, 4.69) is 52.3 Å². The van der Waals surface area contributed by atoms with Crippen LogP contribution in [0, 0.1) is 0 Å². The van der Waals surface area contributed by atoms with Gasteiger partial charge < -0.3 is 4.52 Å². The third-order valence-electron chi connectivity index (χ3n) is 4.50. The Labute approximate surface area is 135 Å². The van der Waals surface area contributed by atoms with Crippen LogP contribution in [-0.4, -0.2) is 32.6 Å². The molecule has 1 aromatic carbocycles. The molecule has 4 rings (SSSR count). The Hall–Kier alpha value is -1.33. The van der Waals surface area contributed by atoms with E-state index in [9.17, 15) is 0 Å². The molecule has 0 bridgehead atoms. The van der Waals surface area contributed by atoms with E-state index in [4.69, 9.17) is 4.52 Å². The second-order valence-corrected chi connectivity index (χ2v) is 7.71. The normalized spacial score (nSPS) is 26.2. The molecule has 0 spiro atoms. The maximum absolute atomic E-state index is 5.48. The summed E-state index contributed by atoms with van der Waals surface area (Å²) in [6, 6.07) is 11.2. The van der Waals surface area contributed by atoms with Gasteiger partial charge in [-0.3, -0.25) is 4.90 Å². The Kier molecular flexibility index (Phi) is 3.92. The fraction of sp³-hybridized carbons (Fsp3) is 0.529. The average Bonchev–Trinajstić information content (AvgIpc) is 3.29. The van der Waals surface area contributed by atoms with Crippen molar-refractivity contribution in [2.75, 3.05) is 12.3 Å². The lowest BCUT2D eigenvalue weighted by Crippen LogP contribution is -2.39. The SMILES string of the molecule is C[C@H]1SCCN(Cc2nc(C3CC3)no2)[C@H]1c1ccccc1. The molecule has 2 fully saturated rings. The number of hydrogen-bond donors (Lipinski definition) is 0. The van der Waals surface area contributed by atoms with Gasteiger partial charge in [0.1, 0.15) is 0 Å². The van der Waals surface area contributed by atoms with E-state index in [1.54, 1.807) is 0 Å². The van der Waals surface area contributed by atoms with Crippen LogP contribution in [0.5, 0.6) is 0 Å². The fourth-order valence-electron chi connectivity index (χ4n) is 3.21. The van der Waals surface area contributed by atoms with Crippen molar-refractivity contribution in [3.05, 3.63) is 47.6 Å². The van der Waals surface area contributed by atoms with Crippen LogP contribution in [0.3, 0.4) is 0 Å². The molecule has 0 radical (unpaired) electrons. The second-order valence-electron chi connectivity index (χ2n) is 6.22. The first-order chi connectivity index (χ1) is 10.8. The fourth-order valence-corrected chi connectivity index (χ4v) is 4.43. The number of benzene rings is 1. The van der Waals surface area contributed by atoms with Gasteiger partial charge in [-0.2, -0.15) is 16.7 Å². The van der Waals surface area contributed by atoms with Crippen LogP contribution in [-0.2, 0) is 6.54 Å². The van der Waals surface area contributed by atoms with Gasteiger partial charge in [0.2, 0.25) is 5.89 Å². The Bertz CT molecular complexity index is 626. The summed E-state index contributed by atoms with van der Waals surface area (Å²) in [5, 5.41) is 4.71. The predicted octanol–water partition coefficient (Wildman–Crippen LogP) is 3.63. The maximum atomic E-state index is 5.48. The summed E-state index contributed by atoms with van der Waals surface area (Å²) in [6.07, 6.45) is 2.42. The molecule has 116 valence electrons. The van der Waals surface area contributed by atoms with Crippen LogP contribution in [0.25, 0.3) is 0 Å². The van der Waals surface area contributed by atoms with E-state index in [1.165, 1.54) is 18.4 Å². The molecule has 1 saturated carbocycles. The first kappa shape index (κ1) is 14.3. The summed E-state index contributed by atoms with van der Waals surface area (Å²) in [5.41, 5.74) is 1.38. The molecule has 1 aromatic heterocycles. The van der Waals surface area contributed by atoms with E-state index < -0.39 is 0 Å². The predicted molar refractivity (Wildman–Crippen MR) is 87.8 cm³/mol. The molecule has 2 aliphatic rings. The van der Waals surface area contributed by atoms with Crippen molar-refractivity contribution in [3.63, 3.8) is 0 Å². The van der Waals surface area contributed by atoms with Crippen LogP contribution < -0.4 is 0 Å². The summed E-state index contributed by atoms with van der Waals surface area (Å²) in [4.78, 5) is 7.08. The minimum Gasteiger partial charge on any atom is -0.338 e. The van der Waals surface area contributed by atoms with Crippen molar-refractivity contribution in [1.82, 2.24) is 15.0 Å². The van der Waals surface area contributed by atoms with Gasteiger partial charge in [-0.05, 0) is 18.4 Å². The number of rotatable bonds is 4. The molecule has 0 amide bonds. The van der Waals surface area contributed by atoms with E-state index in [1.807, 2.05) is 11.8 Å². The van der Waals surface area contributed by atoms with Crippen molar-refractivity contribution < 1.29 is 4.52 Å². The lowest BCUT2D eigenvalue weighted by molar-refractivity contribution is 0.167. The van der Waals surface area contributed by atoms with E-state index >= 15 is 0 Å². The Morgan fingerprint density at radius 2 is 2.09 bits per heavy atom. The summed E-state index contributed by atoms with van der Waals surface area (Å²) < 4.78 is 5.48. The molecule has 1 aliphatic heterocycles. The molecule has 2 atom stereocenters. The minimum absolute atomic E-state index is 0.413. The number of thioether (sulfide) groups is 1. The summed E-state index contributed by atoms with van der Waals surface area (Å²) in [7, 11) is 0. The first-order valence-corrected chi connectivity index (χ1v) is 9.09. The molecule has 4 nitrogen and oxygen atoms in total. The number of hydrogen-bond acceptors (Lipinski definition) is 5. The van der Waals surface area contributed by atoms with Crippen molar-refractivity contribution in [2.24, 2.45) is 0 Å². The third-order valence-corrected chi connectivity index (χ3v) is 5.70. The molecule has 5 heteroatoms. The standard InChI is InChI=1S/C17H21N3OS/c1-12-16(13-5-3-2-4-6-13)20(9-10-22-12)11-15-18-17(19-21-15)14-7-8-14/h2-6,12,14,16H,7-11H2,1H3/t12-,16-/m1/s1. The summed E-state index contributed by atoms with van der Waals surface area (Å²) in [5.74, 6) is 3.39. The highest BCUT2D eigenvalue weighted by atomic mass is 32.2. The van der Waals surface area contributed by atoms with E-state index in [-0.39, 0.29) is 0 Å². The van der Waals surface area contributed by atoms with Crippen LogP contribution in [0.1, 0.15) is 49.0 Å². The summed E-state index contributed by atoms with van der Waals surface area (Å²) >= 11 is 2.05. The largest absolute Gasteiger partial charge is 0.338 e. The van der Waals surface area contributed by atoms with Gasteiger partial charge in [0.05, 0.1) is 6.54 Å². The smallest absolute Gasteiger partial charge is 0.240 e. The third kappa shape index (κ3) is 2.92. The van der Waals surface area contributed by atoms with Crippen molar-refractivity contribution in [3.8, 4) is 0 Å². The second kappa shape index (κ2) is 6.05. The Morgan fingerprint density at radius 3 is 2.86 bits per heavy atom. The van der Waals surface area contributed by atoms with E-state index in [0.717, 1.165) is 30.6 Å². The summed E-state index contributed by atoms with van der Waals surface area (Å²) in [6.45, 7) is 4.14. The lowest BCUT2D eigenvalue weighted by atomic mass is 10.0. The van der Waals surface area contributed by atoms with Gasteiger partial charge in [0.15, 0.2) is 5.82 Å². The van der Waals surface area contributed by atoms with Crippen molar-refractivity contribution >= 4 is 11.8 Å². The molecular formula is C17H21N3OS. The molecule has 2 aromatic rings. The highest BCUT2D eigenvalue weighted by Gasteiger charge is 2.33. The van der Waals surface area contributed by atoms with Crippen LogP contribution in [0.4, 0.5) is 0 Å². The van der Waals surface area contributed by atoms with Gasteiger partial charge in [-0.1, -0.05) is 42.4 Å². The highest BCUT2D eigenvalue weighted by molar-refractivity contribution is 8.00. The molecular weight excluding hydrogens is 294 g/mol. The average molecular weight is 315 g/mol. The molecule has 1 saturated heterocycles. The van der Waals surface area contributed by atoms with Crippen LogP contribution >= 0.6 is 11.8 Å². The topological polar surface area (TPSA) is 42.2 Å². The first-order valence-electron chi connectivity index (χ1n) is 8.04. The monoisotopic (exact) mass is 315 g/mol. The molecule has 2 heterocycles. The highest BCUT2D eigenvalue weighted by Crippen LogP contribution is 2.39. The zero-order valence-corrected chi connectivity index (χ0v) is 13.6. The van der Waals surface area contributed by atoms with Gasteiger partial charge in [-0.25, -0.2) is 0 Å². The van der Waals surface area contributed by atoms with Crippen LogP contribution in [0.15, 0.2) is 34.9 Å². The zero-order chi connectivity index (χ0) is 14.9. The zero-order valence-electron chi connectivity index (χ0n) is 12.8. The Balaban J connectivity index is 1.54. The van der Waals surface area contributed by atoms with E-state index in [0.29, 0.717) is 17.2 Å². The lowest BCUT2D eigenvalue weighted by Gasteiger charge is -2.39. The molecule has 0 unspecified atom stereocenters. The van der Waals surface area contributed by atoms with Gasteiger partial charge >= 0.3 is 0 Å². The van der Waals surface area contributed by atoms with Gasteiger partial charge in [0, 0.05) is 29.5 Å². The van der Waals surface area contributed by atoms with Gasteiger partial charge in [0.25, 0.3) is 0 Å². The minimum atomic E-state index is 0.413. The van der Waals surface area contributed by atoms with Crippen molar-refractivity contribution in [2.45, 2.75) is 43.5 Å². The number of aromatic nitrogens is 2. The van der Waals surface area contributed by atoms with Gasteiger partial charge in [-0.15, -0.1) is 0 Å². The Morgan fingerprint density at radius 1 is 1.27 bits per heavy atom. The van der Waals surface area contributed by atoms with Crippen molar-refractivity contribution in [1.29, 1.82) is 0 Å². The number of nitrogens with zero attached hydrogens (tertiary/aromatic N) is 3. The molecule has 1 aliphatic carbocycles. The molecule has 22 heavy (non-hydrogen) atoms.